The zero-order chi connectivity index (χ0) is 15.2. The maximum absolute atomic E-state index is 12.3. The molecule has 0 fully saturated rings. The van der Waals surface area contributed by atoms with Gasteiger partial charge in [-0.1, -0.05) is 18.2 Å². The maximum atomic E-state index is 12.3. The molecule has 0 saturated carbocycles. The first-order chi connectivity index (χ1) is 10.1. The summed E-state index contributed by atoms with van der Waals surface area (Å²) in [5.41, 5.74) is 3.91. The van der Waals surface area contributed by atoms with Crippen LogP contribution in [0.5, 0.6) is 0 Å². The van der Waals surface area contributed by atoms with E-state index in [1.54, 1.807) is 7.11 Å². The van der Waals surface area contributed by atoms with Crippen LogP contribution in [0.15, 0.2) is 36.4 Å². The van der Waals surface area contributed by atoms with E-state index >= 15 is 0 Å². The Kier molecular flexibility index (Phi) is 5.31. The van der Waals surface area contributed by atoms with E-state index in [9.17, 15) is 4.79 Å². The van der Waals surface area contributed by atoms with Crippen LogP contribution in [0, 0.1) is 13.8 Å². The highest BCUT2D eigenvalue weighted by molar-refractivity contribution is 5.99. The molecule has 4 nitrogen and oxygen atoms in total. The van der Waals surface area contributed by atoms with Crippen LogP contribution in [-0.4, -0.2) is 37.2 Å². The smallest absolute Gasteiger partial charge is 0.178 e. The van der Waals surface area contributed by atoms with Gasteiger partial charge in [0.25, 0.3) is 0 Å². The third kappa shape index (κ3) is 3.60. The average Bonchev–Trinajstić information content (AvgIpc) is 2.79. The Bertz CT molecular complexity index is 603. The third-order valence-electron chi connectivity index (χ3n) is 3.51. The van der Waals surface area contributed by atoms with E-state index in [0.717, 1.165) is 22.6 Å². The topological polar surface area (TPSA) is 43.3 Å². The summed E-state index contributed by atoms with van der Waals surface area (Å²) in [7, 11) is 1.65. The summed E-state index contributed by atoms with van der Waals surface area (Å²) in [6, 6.07) is 12.0. The Labute approximate surface area is 125 Å². The molecule has 0 aliphatic heterocycles. The summed E-state index contributed by atoms with van der Waals surface area (Å²) in [4.78, 5) is 12.3. The monoisotopic (exact) mass is 286 g/mol. The fourth-order valence-corrected chi connectivity index (χ4v) is 2.49. The van der Waals surface area contributed by atoms with Crippen LogP contribution in [0.1, 0.15) is 21.7 Å². The number of methoxy groups -OCH3 is 1. The number of aryl methyl sites for hydroxylation is 1. The number of ketones is 1. The van der Waals surface area contributed by atoms with Gasteiger partial charge in [0.2, 0.25) is 0 Å². The first kappa shape index (κ1) is 15.5. The number of nitrogens with one attached hydrogen (secondary N) is 1. The van der Waals surface area contributed by atoms with Gasteiger partial charge in [-0.3, -0.25) is 4.79 Å². The van der Waals surface area contributed by atoms with Crippen molar-refractivity contribution in [2.45, 2.75) is 13.8 Å². The number of aromatic nitrogens is 1. The Morgan fingerprint density at radius 2 is 1.95 bits per heavy atom. The van der Waals surface area contributed by atoms with Gasteiger partial charge in [0, 0.05) is 36.3 Å². The summed E-state index contributed by atoms with van der Waals surface area (Å²) in [6.07, 6.45) is 0. The number of nitrogens with zero attached hydrogens (tertiary/aromatic N) is 1. The molecule has 0 saturated heterocycles. The second-order valence-electron chi connectivity index (χ2n) is 5.05. The molecule has 1 heterocycles. The molecule has 1 aromatic carbocycles. The van der Waals surface area contributed by atoms with E-state index in [1.807, 2.05) is 50.2 Å². The highest BCUT2D eigenvalue weighted by atomic mass is 16.5. The number of rotatable bonds is 7. The summed E-state index contributed by atoms with van der Waals surface area (Å²) in [5.74, 6) is 0.112. The van der Waals surface area contributed by atoms with E-state index in [2.05, 4.69) is 9.88 Å². The number of carbonyl (C=O) groups excluding carboxylic acids is 1. The molecule has 0 atom stereocenters. The van der Waals surface area contributed by atoms with Crippen molar-refractivity contribution in [2.75, 3.05) is 26.8 Å². The van der Waals surface area contributed by atoms with Crippen molar-refractivity contribution < 1.29 is 9.53 Å². The lowest BCUT2D eigenvalue weighted by atomic mass is 10.1. The third-order valence-corrected chi connectivity index (χ3v) is 3.51. The largest absolute Gasteiger partial charge is 0.383 e. The molecule has 1 aromatic heterocycles. The van der Waals surface area contributed by atoms with Crippen LogP contribution >= 0.6 is 0 Å². The first-order valence-electron chi connectivity index (χ1n) is 7.12. The van der Waals surface area contributed by atoms with Crippen LogP contribution < -0.4 is 5.32 Å². The summed E-state index contributed by atoms with van der Waals surface area (Å²) < 4.78 is 7.07. The van der Waals surface area contributed by atoms with Gasteiger partial charge < -0.3 is 14.6 Å². The van der Waals surface area contributed by atoms with E-state index < -0.39 is 0 Å². The van der Waals surface area contributed by atoms with Crippen LogP contribution in [-0.2, 0) is 4.74 Å². The minimum atomic E-state index is 0.112. The second kappa shape index (κ2) is 7.20. The minimum Gasteiger partial charge on any atom is -0.383 e. The number of para-hydroxylation sites is 1. The Morgan fingerprint density at radius 1 is 1.24 bits per heavy atom. The fourth-order valence-electron chi connectivity index (χ4n) is 2.49. The van der Waals surface area contributed by atoms with Crippen molar-refractivity contribution in [3.05, 3.63) is 53.3 Å². The van der Waals surface area contributed by atoms with Crippen molar-refractivity contribution in [3.8, 4) is 5.69 Å². The Morgan fingerprint density at radius 3 is 2.62 bits per heavy atom. The maximum Gasteiger partial charge on any atom is 0.178 e. The molecule has 0 aliphatic rings. The summed E-state index contributed by atoms with van der Waals surface area (Å²) in [6.45, 7) is 5.63. The number of hydrogen-bond acceptors (Lipinski definition) is 3. The first-order valence-corrected chi connectivity index (χ1v) is 7.12. The predicted molar refractivity (Wildman–Crippen MR) is 84.3 cm³/mol. The lowest BCUT2D eigenvalue weighted by Gasteiger charge is -2.09. The molecule has 1 N–H and O–H groups in total. The number of ether oxygens (including phenoxy) is 1. The molecule has 2 aromatic rings. The highest BCUT2D eigenvalue weighted by Crippen LogP contribution is 2.20. The van der Waals surface area contributed by atoms with E-state index in [-0.39, 0.29) is 5.78 Å². The van der Waals surface area contributed by atoms with Gasteiger partial charge in [0.05, 0.1) is 13.2 Å². The summed E-state index contributed by atoms with van der Waals surface area (Å²) in [5, 5.41) is 3.10. The van der Waals surface area contributed by atoms with Gasteiger partial charge >= 0.3 is 0 Å². The molecule has 4 heteroatoms. The molecule has 21 heavy (non-hydrogen) atoms. The molecule has 112 valence electrons. The summed E-state index contributed by atoms with van der Waals surface area (Å²) >= 11 is 0. The van der Waals surface area contributed by atoms with Gasteiger partial charge in [0.15, 0.2) is 5.78 Å². The molecule has 2 rings (SSSR count). The van der Waals surface area contributed by atoms with Gasteiger partial charge in [0.1, 0.15) is 0 Å². The normalized spacial score (nSPS) is 10.8. The average molecular weight is 286 g/mol. The van der Waals surface area contributed by atoms with Crippen molar-refractivity contribution in [1.29, 1.82) is 0 Å². The SMILES string of the molecule is COCCNCC(=O)c1cc(C)n(-c2ccccc2)c1C. The van der Waals surface area contributed by atoms with Gasteiger partial charge in [-0.05, 0) is 32.0 Å². The zero-order valence-corrected chi connectivity index (χ0v) is 12.8. The van der Waals surface area contributed by atoms with Crippen molar-refractivity contribution in [3.63, 3.8) is 0 Å². The van der Waals surface area contributed by atoms with Crippen molar-refractivity contribution in [1.82, 2.24) is 9.88 Å². The van der Waals surface area contributed by atoms with Crippen LogP contribution in [0.25, 0.3) is 5.69 Å². The number of hydrogen-bond donors (Lipinski definition) is 1. The highest BCUT2D eigenvalue weighted by Gasteiger charge is 2.16. The number of Topliss-reactive ketones (excluding diaryl/α,β-unsaturated/α-hetero) is 1. The lowest BCUT2D eigenvalue weighted by molar-refractivity contribution is 0.0987. The molecule has 0 spiro atoms. The standard InChI is InChI=1S/C17H22N2O2/c1-13-11-16(17(20)12-18-9-10-21-3)14(2)19(13)15-7-5-4-6-8-15/h4-8,11,18H,9-10,12H2,1-3H3. The van der Waals surface area contributed by atoms with Gasteiger partial charge in [-0.25, -0.2) is 0 Å². The second-order valence-corrected chi connectivity index (χ2v) is 5.05. The Hall–Kier alpha value is -1.91. The quantitative estimate of drug-likeness (QED) is 0.628. The molecule has 0 radical (unpaired) electrons. The fraction of sp³-hybridized carbons (Fsp3) is 0.353. The molecular formula is C17H22N2O2. The number of carbonyl (C=O) groups is 1. The van der Waals surface area contributed by atoms with Crippen molar-refractivity contribution >= 4 is 5.78 Å². The molecular weight excluding hydrogens is 264 g/mol. The van der Waals surface area contributed by atoms with Crippen LogP contribution in [0.4, 0.5) is 0 Å². The van der Waals surface area contributed by atoms with E-state index in [1.165, 1.54) is 0 Å². The molecule has 0 aliphatic carbocycles. The van der Waals surface area contributed by atoms with E-state index in [0.29, 0.717) is 19.7 Å². The van der Waals surface area contributed by atoms with Crippen LogP contribution in [0.2, 0.25) is 0 Å². The van der Waals surface area contributed by atoms with Crippen molar-refractivity contribution in [2.24, 2.45) is 0 Å². The molecule has 0 bridgehead atoms. The minimum absolute atomic E-state index is 0.112. The Balaban J connectivity index is 2.17. The van der Waals surface area contributed by atoms with Crippen LogP contribution in [0.3, 0.4) is 0 Å². The van der Waals surface area contributed by atoms with Gasteiger partial charge in [-0.2, -0.15) is 0 Å². The molecule has 0 amide bonds. The molecule has 0 unspecified atom stereocenters. The van der Waals surface area contributed by atoms with E-state index in [4.69, 9.17) is 4.74 Å². The predicted octanol–water partition coefficient (Wildman–Crippen LogP) is 2.51. The number of benzene rings is 1. The van der Waals surface area contributed by atoms with Gasteiger partial charge in [-0.15, -0.1) is 0 Å². The lowest BCUT2D eigenvalue weighted by Crippen LogP contribution is -2.26. The zero-order valence-electron chi connectivity index (χ0n) is 12.8.